The summed E-state index contributed by atoms with van der Waals surface area (Å²) < 4.78 is 37.8. The summed E-state index contributed by atoms with van der Waals surface area (Å²) in [5.41, 5.74) is 5.57. The summed E-state index contributed by atoms with van der Waals surface area (Å²) in [6.45, 7) is 0. The molecule has 0 aliphatic heterocycles. The maximum atomic E-state index is 12.3. The van der Waals surface area contributed by atoms with Crippen LogP contribution >= 0.6 is 44.3 Å². The van der Waals surface area contributed by atoms with Crippen LogP contribution in [0.15, 0.2) is 27.1 Å². The van der Waals surface area contributed by atoms with Gasteiger partial charge < -0.3 is 10.8 Å². The van der Waals surface area contributed by atoms with E-state index < -0.39 is 18.3 Å². The summed E-state index contributed by atoms with van der Waals surface area (Å²) in [6.07, 6.45) is -7.32. The molecular weight excluding hydrogens is 390 g/mol. The van der Waals surface area contributed by atoms with Gasteiger partial charge in [-0.1, -0.05) is 31.9 Å². The van der Waals surface area contributed by atoms with Crippen molar-refractivity contribution in [3.8, 4) is 0 Å². The number of hydrogen-bond acceptors (Lipinski definition) is 2. The van der Waals surface area contributed by atoms with Crippen molar-refractivity contribution in [1.29, 1.82) is 0 Å². The number of halogens is 6. The Morgan fingerprint density at radius 3 is 2.24 bits per heavy atom. The molecule has 1 aromatic rings. The molecule has 0 fully saturated rings. The van der Waals surface area contributed by atoms with Crippen LogP contribution in [0.4, 0.5) is 13.2 Å². The van der Waals surface area contributed by atoms with E-state index in [1.54, 1.807) is 12.1 Å². The van der Waals surface area contributed by atoms with Crippen LogP contribution in [0.2, 0.25) is 0 Å². The van der Waals surface area contributed by atoms with Crippen LogP contribution in [0.25, 0.3) is 0 Å². The lowest BCUT2D eigenvalue weighted by Crippen LogP contribution is -2.39. The second-order valence-corrected chi connectivity index (χ2v) is 4.95. The topological polar surface area (TPSA) is 46.2 Å². The zero-order valence-corrected chi connectivity index (χ0v) is 12.2. The van der Waals surface area contributed by atoms with E-state index in [0.29, 0.717) is 8.95 Å². The van der Waals surface area contributed by atoms with Gasteiger partial charge in [0.05, 0.1) is 6.04 Å². The van der Waals surface area contributed by atoms with Crippen molar-refractivity contribution >= 4 is 44.3 Å². The van der Waals surface area contributed by atoms with Crippen molar-refractivity contribution in [2.75, 3.05) is 0 Å². The molecule has 1 aromatic carbocycles. The molecule has 0 aliphatic rings. The molecule has 1 rings (SSSR count). The smallest absolute Gasteiger partial charge is 0.382 e. The van der Waals surface area contributed by atoms with Gasteiger partial charge in [-0.25, -0.2) is 0 Å². The van der Waals surface area contributed by atoms with E-state index in [0.717, 1.165) is 0 Å². The van der Waals surface area contributed by atoms with Gasteiger partial charge in [-0.15, -0.1) is 12.4 Å². The third kappa shape index (κ3) is 4.40. The number of alkyl halides is 3. The lowest BCUT2D eigenvalue weighted by atomic mass is 10.0. The maximum Gasteiger partial charge on any atom is 0.416 e. The molecule has 2 nitrogen and oxygen atoms in total. The fourth-order valence-electron chi connectivity index (χ4n) is 1.14. The van der Waals surface area contributed by atoms with Gasteiger partial charge in [0.15, 0.2) is 6.10 Å². The standard InChI is InChI=1S/C9H8Br2F3NO.ClH/c10-4-1-2-6(11)5(3-4)7(15)8(16)9(12,13)14;/h1-3,7-8,16H,15H2;1H/t7-,8-;/m0./s1. The van der Waals surface area contributed by atoms with E-state index >= 15 is 0 Å². The van der Waals surface area contributed by atoms with Crippen molar-refractivity contribution in [3.63, 3.8) is 0 Å². The average Bonchev–Trinajstić information content (AvgIpc) is 2.18. The third-order valence-electron chi connectivity index (χ3n) is 1.99. The Labute approximate surface area is 119 Å². The van der Waals surface area contributed by atoms with Gasteiger partial charge in [-0.3, -0.25) is 0 Å². The molecule has 0 spiro atoms. The Hall–Kier alpha value is 0.180. The number of rotatable bonds is 2. The Morgan fingerprint density at radius 1 is 1.24 bits per heavy atom. The van der Waals surface area contributed by atoms with Crippen molar-refractivity contribution in [3.05, 3.63) is 32.7 Å². The molecule has 0 radical (unpaired) electrons. The number of aliphatic hydroxyl groups excluding tert-OH is 1. The van der Waals surface area contributed by atoms with E-state index in [1.807, 2.05) is 0 Å². The average molecular weight is 399 g/mol. The van der Waals surface area contributed by atoms with Gasteiger partial charge in [-0.2, -0.15) is 13.2 Å². The number of hydrogen-bond donors (Lipinski definition) is 2. The van der Waals surface area contributed by atoms with Gasteiger partial charge in [0.1, 0.15) is 0 Å². The van der Waals surface area contributed by atoms with Crippen LogP contribution in [0.1, 0.15) is 11.6 Å². The van der Waals surface area contributed by atoms with E-state index in [1.165, 1.54) is 6.07 Å². The Balaban J connectivity index is 0.00000256. The van der Waals surface area contributed by atoms with Gasteiger partial charge in [0.2, 0.25) is 0 Å². The van der Waals surface area contributed by atoms with Crippen LogP contribution in [-0.2, 0) is 0 Å². The first-order valence-corrected chi connectivity index (χ1v) is 5.77. The summed E-state index contributed by atoms with van der Waals surface area (Å²) in [5, 5.41) is 9.04. The van der Waals surface area contributed by atoms with Crippen LogP contribution in [0.3, 0.4) is 0 Å². The maximum absolute atomic E-state index is 12.3. The normalized spacial score (nSPS) is 15.0. The number of benzene rings is 1. The molecule has 0 amide bonds. The second-order valence-electron chi connectivity index (χ2n) is 3.18. The summed E-state index contributed by atoms with van der Waals surface area (Å²) in [7, 11) is 0. The SMILES string of the molecule is Cl.N[C@@H](c1cc(Br)ccc1Br)[C@H](O)C(F)(F)F. The quantitative estimate of drug-likeness (QED) is 0.799. The van der Waals surface area contributed by atoms with Crippen LogP contribution < -0.4 is 5.73 Å². The van der Waals surface area contributed by atoms with E-state index in [9.17, 15) is 13.2 Å². The lowest BCUT2D eigenvalue weighted by Gasteiger charge is -2.22. The van der Waals surface area contributed by atoms with Crippen LogP contribution in [-0.4, -0.2) is 17.4 Å². The molecule has 0 aromatic heterocycles. The highest BCUT2D eigenvalue weighted by Crippen LogP contribution is 2.33. The molecule has 3 N–H and O–H groups in total. The second kappa shape index (κ2) is 6.38. The fraction of sp³-hybridized carbons (Fsp3) is 0.333. The first-order valence-electron chi connectivity index (χ1n) is 4.19. The zero-order chi connectivity index (χ0) is 12.5. The van der Waals surface area contributed by atoms with Crippen LogP contribution in [0.5, 0.6) is 0 Å². The molecular formula is C9H9Br2ClF3NO. The number of aliphatic hydroxyl groups is 1. The highest BCUT2D eigenvalue weighted by Gasteiger charge is 2.43. The third-order valence-corrected chi connectivity index (χ3v) is 3.21. The summed E-state index contributed by atoms with van der Waals surface area (Å²) in [4.78, 5) is 0. The zero-order valence-electron chi connectivity index (χ0n) is 8.21. The molecule has 8 heteroatoms. The van der Waals surface area contributed by atoms with E-state index in [4.69, 9.17) is 10.8 Å². The molecule has 98 valence electrons. The lowest BCUT2D eigenvalue weighted by molar-refractivity contribution is -0.210. The first-order chi connectivity index (χ1) is 7.23. The number of nitrogens with two attached hydrogens (primary N) is 1. The molecule has 0 saturated heterocycles. The Kier molecular flexibility index (Phi) is 6.44. The monoisotopic (exact) mass is 397 g/mol. The largest absolute Gasteiger partial charge is 0.416 e. The van der Waals surface area contributed by atoms with Gasteiger partial charge in [0.25, 0.3) is 0 Å². The summed E-state index contributed by atoms with van der Waals surface area (Å²) in [6, 6.07) is 3.12. The summed E-state index contributed by atoms with van der Waals surface area (Å²) in [5.74, 6) is 0. The predicted molar refractivity (Wildman–Crippen MR) is 68.1 cm³/mol. The molecule has 0 bridgehead atoms. The van der Waals surface area contributed by atoms with Gasteiger partial charge in [-0.05, 0) is 23.8 Å². The minimum absolute atomic E-state index is 0. The molecule has 0 heterocycles. The Morgan fingerprint density at radius 2 is 1.76 bits per heavy atom. The molecule has 2 atom stereocenters. The van der Waals surface area contributed by atoms with E-state index in [-0.39, 0.29) is 18.0 Å². The minimum atomic E-state index is -4.73. The van der Waals surface area contributed by atoms with Gasteiger partial charge >= 0.3 is 6.18 Å². The fourth-order valence-corrected chi connectivity index (χ4v) is 2.03. The van der Waals surface area contributed by atoms with Gasteiger partial charge in [0, 0.05) is 8.95 Å². The highest BCUT2D eigenvalue weighted by atomic mass is 79.9. The summed E-state index contributed by atoms with van der Waals surface area (Å²) >= 11 is 6.21. The van der Waals surface area contributed by atoms with Crippen molar-refractivity contribution < 1.29 is 18.3 Å². The first kappa shape index (κ1) is 17.2. The van der Waals surface area contributed by atoms with Crippen molar-refractivity contribution in [2.24, 2.45) is 5.73 Å². The van der Waals surface area contributed by atoms with Crippen molar-refractivity contribution in [1.82, 2.24) is 0 Å². The van der Waals surface area contributed by atoms with Crippen molar-refractivity contribution in [2.45, 2.75) is 18.3 Å². The minimum Gasteiger partial charge on any atom is -0.382 e. The molecule has 0 unspecified atom stereocenters. The molecule has 0 saturated carbocycles. The highest BCUT2D eigenvalue weighted by molar-refractivity contribution is 9.11. The molecule has 17 heavy (non-hydrogen) atoms. The van der Waals surface area contributed by atoms with Crippen LogP contribution in [0, 0.1) is 0 Å². The van der Waals surface area contributed by atoms with E-state index in [2.05, 4.69) is 31.9 Å². The predicted octanol–water partition coefficient (Wildman–Crippen LogP) is 3.56. The molecule has 0 aliphatic carbocycles. The Bertz CT molecular complexity index is 389.